The van der Waals surface area contributed by atoms with Crippen LogP contribution in [0.25, 0.3) is 0 Å². The molecule has 6 nitrogen and oxygen atoms in total. The molecule has 0 spiro atoms. The molecule has 23 heavy (non-hydrogen) atoms. The summed E-state index contributed by atoms with van der Waals surface area (Å²) in [4.78, 5) is 25.9. The number of hydrogen-bond acceptors (Lipinski definition) is 5. The summed E-state index contributed by atoms with van der Waals surface area (Å²) < 4.78 is 15.5. The first kappa shape index (κ1) is 17.1. The van der Waals surface area contributed by atoms with Crippen LogP contribution in [0.5, 0.6) is 11.5 Å². The van der Waals surface area contributed by atoms with Gasteiger partial charge in [0.2, 0.25) is 0 Å². The molecule has 1 aliphatic heterocycles. The lowest BCUT2D eigenvalue weighted by Crippen LogP contribution is -2.35. The predicted molar refractivity (Wildman–Crippen MR) is 84.9 cm³/mol. The molecular formula is C17H23NO5. The molecule has 6 heteroatoms. The molecule has 0 unspecified atom stereocenters. The molecule has 1 saturated heterocycles. The van der Waals surface area contributed by atoms with Crippen LogP contribution in [0.15, 0.2) is 18.2 Å². The first-order valence-electron chi connectivity index (χ1n) is 7.82. The van der Waals surface area contributed by atoms with Crippen molar-refractivity contribution in [3.05, 3.63) is 23.8 Å². The van der Waals surface area contributed by atoms with Crippen molar-refractivity contribution in [1.82, 2.24) is 4.90 Å². The third-order valence-electron chi connectivity index (χ3n) is 3.90. The summed E-state index contributed by atoms with van der Waals surface area (Å²) in [6, 6.07) is 4.80. The zero-order valence-electron chi connectivity index (χ0n) is 13.7. The maximum Gasteiger partial charge on any atom is 0.341 e. The fourth-order valence-corrected chi connectivity index (χ4v) is 2.58. The number of rotatable bonds is 5. The molecule has 1 aromatic rings. The van der Waals surface area contributed by atoms with Crippen molar-refractivity contribution >= 4 is 11.9 Å². The Balaban J connectivity index is 2.05. The van der Waals surface area contributed by atoms with Gasteiger partial charge >= 0.3 is 5.97 Å². The van der Waals surface area contributed by atoms with Crippen LogP contribution in [0.1, 0.15) is 36.0 Å². The molecule has 1 aliphatic rings. The maximum atomic E-state index is 12.3. The Labute approximate surface area is 136 Å². The van der Waals surface area contributed by atoms with E-state index in [1.165, 1.54) is 14.2 Å². The third kappa shape index (κ3) is 4.61. The number of hydrogen-bond donors (Lipinski definition) is 0. The van der Waals surface area contributed by atoms with Gasteiger partial charge in [0, 0.05) is 19.2 Å². The van der Waals surface area contributed by atoms with Crippen LogP contribution in [0.2, 0.25) is 0 Å². The Morgan fingerprint density at radius 2 is 1.78 bits per heavy atom. The number of ether oxygens (including phenoxy) is 3. The van der Waals surface area contributed by atoms with Crippen LogP contribution < -0.4 is 9.47 Å². The van der Waals surface area contributed by atoms with Crippen molar-refractivity contribution in [3.8, 4) is 11.5 Å². The first-order valence-corrected chi connectivity index (χ1v) is 7.82. The summed E-state index contributed by atoms with van der Waals surface area (Å²) in [5.74, 6) is 0.268. The lowest BCUT2D eigenvalue weighted by molar-refractivity contribution is -0.133. The van der Waals surface area contributed by atoms with E-state index in [1.54, 1.807) is 18.2 Å². The monoisotopic (exact) mass is 321 g/mol. The highest BCUT2D eigenvalue weighted by atomic mass is 16.5. The normalized spacial score (nSPS) is 14.8. The Kier molecular flexibility index (Phi) is 6.26. The summed E-state index contributed by atoms with van der Waals surface area (Å²) >= 11 is 0. The van der Waals surface area contributed by atoms with Gasteiger partial charge in [0.25, 0.3) is 5.91 Å². The highest BCUT2D eigenvalue weighted by Gasteiger charge is 2.19. The number of carbonyl (C=O) groups is 2. The third-order valence-corrected chi connectivity index (χ3v) is 3.90. The van der Waals surface area contributed by atoms with Crippen molar-refractivity contribution in [2.75, 3.05) is 33.9 Å². The van der Waals surface area contributed by atoms with Gasteiger partial charge in [-0.3, -0.25) is 4.79 Å². The van der Waals surface area contributed by atoms with Crippen LogP contribution in [0, 0.1) is 0 Å². The smallest absolute Gasteiger partial charge is 0.341 e. The van der Waals surface area contributed by atoms with Crippen molar-refractivity contribution in [2.45, 2.75) is 25.7 Å². The number of methoxy groups -OCH3 is 2. The van der Waals surface area contributed by atoms with E-state index in [2.05, 4.69) is 0 Å². The second-order valence-electron chi connectivity index (χ2n) is 5.44. The highest BCUT2D eigenvalue weighted by molar-refractivity contribution is 5.92. The van der Waals surface area contributed by atoms with E-state index in [9.17, 15) is 9.59 Å². The van der Waals surface area contributed by atoms with Gasteiger partial charge in [-0.2, -0.15) is 0 Å². The van der Waals surface area contributed by atoms with Crippen LogP contribution in [0.4, 0.5) is 0 Å². The summed E-state index contributed by atoms with van der Waals surface area (Å²) in [6.07, 6.45) is 4.37. The van der Waals surface area contributed by atoms with Gasteiger partial charge in [-0.05, 0) is 25.0 Å². The lowest BCUT2D eigenvalue weighted by atomic mass is 10.2. The Morgan fingerprint density at radius 3 is 2.39 bits per heavy atom. The highest BCUT2D eigenvalue weighted by Crippen LogP contribution is 2.25. The number of carbonyl (C=O) groups excluding carboxylic acids is 2. The fourth-order valence-electron chi connectivity index (χ4n) is 2.58. The number of esters is 1. The van der Waals surface area contributed by atoms with E-state index in [0.29, 0.717) is 11.5 Å². The Hall–Kier alpha value is -2.24. The molecule has 126 valence electrons. The lowest BCUT2D eigenvalue weighted by Gasteiger charge is -2.20. The number of nitrogens with zero attached hydrogens (tertiary/aromatic N) is 1. The molecule has 1 aromatic carbocycles. The second-order valence-corrected chi connectivity index (χ2v) is 5.44. The minimum atomic E-state index is -0.509. The molecule has 1 amide bonds. The van der Waals surface area contributed by atoms with E-state index in [4.69, 9.17) is 14.2 Å². The van der Waals surface area contributed by atoms with Gasteiger partial charge in [0.05, 0.1) is 14.2 Å². The standard InChI is InChI=1S/C17H23NO5/c1-21-13-7-8-14(17(20)22-2)15(11-13)23-12-16(19)18-9-5-3-4-6-10-18/h7-8,11H,3-6,9-10,12H2,1-2H3. The zero-order valence-corrected chi connectivity index (χ0v) is 13.7. The van der Waals surface area contributed by atoms with E-state index in [0.717, 1.165) is 38.8 Å². The molecule has 0 saturated carbocycles. The molecular weight excluding hydrogens is 298 g/mol. The minimum absolute atomic E-state index is 0.0643. The summed E-state index contributed by atoms with van der Waals surface area (Å²) in [6.45, 7) is 1.44. The maximum absolute atomic E-state index is 12.3. The zero-order chi connectivity index (χ0) is 16.7. The number of amides is 1. The number of likely N-dealkylation sites (tertiary alicyclic amines) is 1. The van der Waals surface area contributed by atoms with Crippen LogP contribution in [-0.2, 0) is 9.53 Å². The predicted octanol–water partition coefficient (Wildman–Crippen LogP) is 2.26. The van der Waals surface area contributed by atoms with E-state index in [-0.39, 0.29) is 18.1 Å². The van der Waals surface area contributed by atoms with E-state index in [1.807, 2.05) is 4.90 Å². The average molecular weight is 321 g/mol. The quantitative estimate of drug-likeness (QED) is 0.778. The van der Waals surface area contributed by atoms with Gasteiger partial charge in [0.15, 0.2) is 6.61 Å². The molecule has 0 N–H and O–H groups in total. The SMILES string of the molecule is COC(=O)c1ccc(OC)cc1OCC(=O)N1CCCCCC1. The fraction of sp³-hybridized carbons (Fsp3) is 0.529. The van der Waals surface area contributed by atoms with Gasteiger partial charge in [-0.25, -0.2) is 4.79 Å². The molecule has 0 radical (unpaired) electrons. The van der Waals surface area contributed by atoms with Crippen LogP contribution >= 0.6 is 0 Å². The number of benzene rings is 1. The van der Waals surface area contributed by atoms with Crippen molar-refractivity contribution in [2.24, 2.45) is 0 Å². The van der Waals surface area contributed by atoms with Gasteiger partial charge in [-0.1, -0.05) is 12.8 Å². The molecule has 0 aliphatic carbocycles. The topological polar surface area (TPSA) is 65.1 Å². The summed E-state index contributed by atoms with van der Waals surface area (Å²) in [7, 11) is 2.83. The first-order chi connectivity index (χ1) is 11.2. The summed E-state index contributed by atoms with van der Waals surface area (Å²) in [5.41, 5.74) is 0.275. The average Bonchev–Trinajstić information content (AvgIpc) is 2.88. The van der Waals surface area contributed by atoms with E-state index < -0.39 is 5.97 Å². The van der Waals surface area contributed by atoms with E-state index >= 15 is 0 Å². The largest absolute Gasteiger partial charge is 0.497 e. The summed E-state index contributed by atoms with van der Waals surface area (Å²) in [5, 5.41) is 0. The minimum Gasteiger partial charge on any atom is -0.497 e. The second kappa shape index (κ2) is 8.41. The van der Waals surface area contributed by atoms with Crippen LogP contribution in [-0.4, -0.2) is 50.7 Å². The van der Waals surface area contributed by atoms with Gasteiger partial charge < -0.3 is 19.1 Å². The molecule has 2 rings (SSSR count). The van der Waals surface area contributed by atoms with Gasteiger partial charge in [0.1, 0.15) is 17.1 Å². The molecule has 0 bridgehead atoms. The van der Waals surface area contributed by atoms with Crippen LogP contribution in [0.3, 0.4) is 0 Å². The molecule has 1 fully saturated rings. The van der Waals surface area contributed by atoms with Crippen molar-refractivity contribution in [3.63, 3.8) is 0 Å². The Morgan fingerprint density at radius 1 is 1.09 bits per heavy atom. The van der Waals surface area contributed by atoms with Gasteiger partial charge in [-0.15, -0.1) is 0 Å². The molecule has 0 aromatic heterocycles. The Bertz CT molecular complexity index is 550. The molecule has 0 atom stereocenters. The molecule has 1 heterocycles. The van der Waals surface area contributed by atoms with Crippen molar-refractivity contribution in [1.29, 1.82) is 0 Å². The van der Waals surface area contributed by atoms with Crippen molar-refractivity contribution < 1.29 is 23.8 Å².